The first-order valence-electron chi connectivity index (χ1n) is 8.29. The van der Waals surface area contributed by atoms with Crippen molar-refractivity contribution in [3.63, 3.8) is 0 Å². The first-order valence-corrected chi connectivity index (χ1v) is 8.29. The van der Waals surface area contributed by atoms with Crippen molar-refractivity contribution in [1.29, 1.82) is 0 Å². The molecule has 2 nitrogen and oxygen atoms in total. The molecule has 126 valence electrons. The largest absolute Gasteiger partial charge is 0.378 e. The summed E-state index contributed by atoms with van der Waals surface area (Å²) in [5, 5.41) is 3.45. The summed E-state index contributed by atoms with van der Waals surface area (Å²) in [6.07, 6.45) is 0.295. The Morgan fingerprint density at radius 3 is 2.36 bits per heavy atom. The summed E-state index contributed by atoms with van der Waals surface area (Å²) in [5.74, 6) is -0.358. The fourth-order valence-corrected chi connectivity index (χ4v) is 2.81. The summed E-state index contributed by atoms with van der Waals surface area (Å²) in [6.45, 7) is 2.03. The van der Waals surface area contributed by atoms with Gasteiger partial charge in [-0.3, -0.25) is 4.79 Å². The lowest BCUT2D eigenvalue weighted by Crippen LogP contribution is -2.16. The smallest absolute Gasteiger partial charge is 0.165 e. The normalized spacial score (nSPS) is 11.8. The van der Waals surface area contributed by atoms with Crippen LogP contribution in [0.4, 0.5) is 10.1 Å². The molecule has 0 aliphatic carbocycles. The molecule has 25 heavy (non-hydrogen) atoms. The van der Waals surface area contributed by atoms with Crippen LogP contribution in [0.1, 0.15) is 33.9 Å². The van der Waals surface area contributed by atoms with Crippen molar-refractivity contribution in [3.05, 3.63) is 101 Å². The van der Waals surface area contributed by atoms with Crippen LogP contribution in [0.25, 0.3) is 0 Å². The van der Waals surface area contributed by atoms with E-state index in [-0.39, 0.29) is 17.6 Å². The second-order valence-electron chi connectivity index (χ2n) is 6.11. The number of carbonyl (C=O) groups excluding carboxylic acids is 1. The van der Waals surface area contributed by atoms with Crippen molar-refractivity contribution in [1.82, 2.24) is 0 Å². The van der Waals surface area contributed by atoms with Crippen LogP contribution in [0.2, 0.25) is 0 Å². The molecule has 1 atom stereocenters. The molecule has 0 amide bonds. The van der Waals surface area contributed by atoms with Gasteiger partial charge >= 0.3 is 0 Å². The molecule has 3 aromatic carbocycles. The molecular formula is C22H20FNO. The van der Waals surface area contributed by atoms with Crippen LogP contribution in [0.15, 0.2) is 78.9 Å². The second kappa shape index (κ2) is 7.75. The third-order valence-electron chi connectivity index (χ3n) is 4.12. The number of carbonyl (C=O) groups is 1. The number of benzene rings is 3. The lowest BCUT2D eigenvalue weighted by molar-refractivity contribution is 0.0976. The number of Topliss-reactive ketones (excluding diaryl/α,β-unsaturated/α-hetero) is 1. The Bertz CT molecular complexity index is 843. The van der Waals surface area contributed by atoms with Crippen LogP contribution < -0.4 is 5.32 Å². The van der Waals surface area contributed by atoms with E-state index in [0.717, 1.165) is 16.8 Å². The molecule has 0 aliphatic rings. The number of hydrogen-bond donors (Lipinski definition) is 1. The highest BCUT2D eigenvalue weighted by atomic mass is 19.1. The second-order valence-corrected chi connectivity index (χ2v) is 6.11. The van der Waals surface area contributed by atoms with Gasteiger partial charge in [0.15, 0.2) is 5.78 Å². The van der Waals surface area contributed by atoms with Gasteiger partial charge in [0.25, 0.3) is 0 Å². The zero-order chi connectivity index (χ0) is 17.6. The Balaban J connectivity index is 1.83. The molecule has 3 heteroatoms. The van der Waals surface area contributed by atoms with Crippen molar-refractivity contribution < 1.29 is 9.18 Å². The molecule has 0 saturated heterocycles. The third-order valence-corrected chi connectivity index (χ3v) is 4.12. The van der Waals surface area contributed by atoms with Gasteiger partial charge in [0.2, 0.25) is 0 Å². The lowest BCUT2D eigenvalue weighted by atomic mass is 9.97. The van der Waals surface area contributed by atoms with Crippen molar-refractivity contribution >= 4 is 11.5 Å². The zero-order valence-electron chi connectivity index (χ0n) is 14.1. The molecule has 0 saturated carbocycles. The van der Waals surface area contributed by atoms with E-state index in [1.165, 1.54) is 24.3 Å². The summed E-state index contributed by atoms with van der Waals surface area (Å²) in [7, 11) is 0. The Kier molecular flexibility index (Phi) is 5.24. The van der Waals surface area contributed by atoms with E-state index in [1.807, 2.05) is 55.5 Å². The highest BCUT2D eigenvalue weighted by Crippen LogP contribution is 2.25. The SMILES string of the molecule is Cc1cccc(NC(CC(=O)c2ccc(F)cc2)c2ccccc2)c1. The quantitative estimate of drug-likeness (QED) is 0.598. The maximum atomic E-state index is 13.1. The van der Waals surface area contributed by atoms with Gasteiger partial charge in [-0.05, 0) is 54.4 Å². The highest BCUT2D eigenvalue weighted by molar-refractivity contribution is 5.96. The minimum atomic E-state index is -0.339. The van der Waals surface area contributed by atoms with Crippen LogP contribution in [-0.2, 0) is 0 Å². The monoisotopic (exact) mass is 333 g/mol. The van der Waals surface area contributed by atoms with Crippen LogP contribution in [0.3, 0.4) is 0 Å². The average Bonchev–Trinajstić information content (AvgIpc) is 2.62. The summed E-state index contributed by atoms with van der Waals surface area (Å²) in [5.41, 5.74) is 3.69. The summed E-state index contributed by atoms with van der Waals surface area (Å²) in [4.78, 5) is 12.6. The highest BCUT2D eigenvalue weighted by Gasteiger charge is 2.17. The molecule has 1 unspecified atom stereocenters. The van der Waals surface area contributed by atoms with E-state index in [1.54, 1.807) is 0 Å². The minimum absolute atomic E-state index is 0.0194. The summed E-state index contributed by atoms with van der Waals surface area (Å²) in [6, 6.07) is 23.5. The Morgan fingerprint density at radius 2 is 1.68 bits per heavy atom. The molecule has 3 rings (SSSR count). The lowest BCUT2D eigenvalue weighted by Gasteiger charge is -2.20. The van der Waals surface area contributed by atoms with E-state index in [0.29, 0.717) is 12.0 Å². The molecule has 1 N–H and O–H groups in total. The minimum Gasteiger partial charge on any atom is -0.378 e. The predicted molar refractivity (Wildman–Crippen MR) is 99.3 cm³/mol. The fraction of sp³-hybridized carbons (Fsp3) is 0.136. The predicted octanol–water partition coefficient (Wildman–Crippen LogP) is 5.56. The molecule has 0 bridgehead atoms. The van der Waals surface area contributed by atoms with Gasteiger partial charge in [0.1, 0.15) is 5.82 Å². The maximum Gasteiger partial charge on any atom is 0.165 e. The number of rotatable bonds is 6. The molecule has 0 aliphatic heterocycles. The van der Waals surface area contributed by atoms with Gasteiger partial charge in [-0.1, -0.05) is 42.5 Å². The number of halogens is 1. The van der Waals surface area contributed by atoms with Crippen LogP contribution in [0.5, 0.6) is 0 Å². The van der Waals surface area contributed by atoms with Gasteiger partial charge < -0.3 is 5.32 Å². The number of nitrogens with one attached hydrogen (secondary N) is 1. The molecule has 0 fully saturated rings. The first-order chi connectivity index (χ1) is 12.1. The van der Waals surface area contributed by atoms with Crippen molar-refractivity contribution in [2.45, 2.75) is 19.4 Å². The molecule has 0 aromatic heterocycles. The first kappa shape index (κ1) is 16.9. The van der Waals surface area contributed by atoms with Gasteiger partial charge in [-0.15, -0.1) is 0 Å². The topological polar surface area (TPSA) is 29.1 Å². The standard InChI is InChI=1S/C22H20FNO/c1-16-6-5-9-20(14-16)24-21(17-7-3-2-4-8-17)15-22(25)18-10-12-19(23)13-11-18/h2-14,21,24H,15H2,1H3. The molecule has 0 spiro atoms. The van der Waals surface area contributed by atoms with Crippen molar-refractivity contribution in [2.75, 3.05) is 5.32 Å². The van der Waals surface area contributed by atoms with Crippen LogP contribution in [-0.4, -0.2) is 5.78 Å². The van der Waals surface area contributed by atoms with Crippen LogP contribution in [0, 0.1) is 12.7 Å². The third kappa shape index (κ3) is 4.54. The average molecular weight is 333 g/mol. The maximum absolute atomic E-state index is 13.1. The number of aryl methyl sites for hydroxylation is 1. The Labute approximate surface area is 147 Å². The zero-order valence-corrected chi connectivity index (χ0v) is 14.1. The van der Waals surface area contributed by atoms with Gasteiger partial charge in [0, 0.05) is 17.7 Å². The molecule has 0 heterocycles. The van der Waals surface area contributed by atoms with E-state index in [4.69, 9.17) is 0 Å². The summed E-state index contributed by atoms with van der Waals surface area (Å²) < 4.78 is 13.1. The van der Waals surface area contributed by atoms with Gasteiger partial charge in [-0.2, -0.15) is 0 Å². The van der Waals surface area contributed by atoms with Gasteiger partial charge in [0.05, 0.1) is 6.04 Å². The molecule has 0 radical (unpaired) electrons. The van der Waals surface area contributed by atoms with Crippen LogP contribution >= 0.6 is 0 Å². The van der Waals surface area contributed by atoms with Crippen molar-refractivity contribution in [3.8, 4) is 0 Å². The fourth-order valence-electron chi connectivity index (χ4n) is 2.81. The van der Waals surface area contributed by atoms with Crippen molar-refractivity contribution in [2.24, 2.45) is 0 Å². The Hall–Kier alpha value is -2.94. The van der Waals surface area contributed by atoms with E-state index < -0.39 is 0 Å². The molecule has 3 aromatic rings. The Morgan fingerprint density at radius 1 is 0.960 bits per heavy atom. The summed E-state index contributed by atoms with van der Waals surface area (Å²) >= 11 is 0. The number of ketones is 1. The molecular weight excluding hydrogens is 313 g/mol. The van der Waals surface area contributed by atoms with E-state index in [9.17, 15) is 9.18 Å². The van der Waals surface area contributed by atoms with Gasteiger partial charge in [-0.25, -0.2) is 4.39 Å². The number of anilines is 1. The number of hydrogen-bond acceptors (Lipinski definition) is 2. The van der Waals surface area contributed by atoms with E-state index >= 15 is 0 Å². The van der Waals surface area contributed by atoms with E-state index in [2.05, 4.69) is 11.4 Å².